The van der Waals surface area contributed by atoms with Crippen molar-refractivity contribution in [2.75, 3.05) is 24.8 Å². The quantitative estimate of drug-likeness (QED) is 0.835. The summed E-state index contributed by atoms with van der Waals surface area (Å²) in [4.78, 5) is 11.2. The zero-order valence-corrected chi connectivity index (χ0v) is 9.30. The highest BCUT2D eigenvalue weighted by atomic mass is 16.1. The first-order chi connectivity index (χ1) is 18.5. The molecule has 0 bridgehead atoms. The number of nitrogens with zero attached hydrogens (tertiary/aromatic N) is 1. The van der Waals surface area contributed by atoms with Crippen LogP contribution in [0.25, 0.3) is 0 Å². The zero-order chi connectivity index (χ0) is 34.7. The normalized spacial score (nSPS) is 41.3. The largest absolute Gasteiger partial charge is 0.326 e. The second-order valence-corrected chi connectivity index (χ2v) is 3.06. The van der Waals surface area contributed by atoms with E-state index in [9.17, 15) is 4.79 Å². The summed E-state index contributed by atoms with van der Waals surface area (Å²) in [6.45, 7) is -22.4. The first-order valence-corrected chi connectivity index (χ1v) is 4.82. The van der Waals surface area contributed by atoms with E-state index in [0.717, 1.165) is 0 Å². The lowest BCUT2D eigenvalue weighted by atomic mass is 10.0. The van der Waals surface area contributed by atoms with Crippen LogP contribution in [0.1, 0.15) is 69.1 Å². The summed E-state index contributed by atoms with van der Waals surface area (Å²) < 4.78 is 192. The molecule has 3 heteroatoms. The molecule has 3 nitrogen and oxygen atoms in total. The SMILES string of the molecule is [2H]c1c([2H])c2c(c(C([2H])([2H])C([2H])([2H])N(C([2H])([2H])C([2H])([2H])C([2H])([2H])[2H])C([2H])([2H])C([2H])([2H])C([2H])([2H])[2H])c1[2H])C([2H])([2H])C(=O)N2[2H]. The molecular formula is C16H24N2O. The number of anilines is 1. The van der Waals surface area contributed by atoms with E-state index in [1.165, 1.54) is 0 Å². The highest BCUT2D eigenvalue weighted by molar-refractivity contribution is 5.99. The average molecular weight is 285 g/mol. The number of rotatable bonds is 7. The summed E-state index contributed by atoms with van der Waals surface area (Å²) in [5, 5.41) is -0.291. The van der Waals surface area contributed by atoms with E-state index in [0.29, 0.717) is 0 Å². The van der Waals surface area contributed by atoms with Gasteiger partial charge in [0.05, 0.1) is 10.5 Å². The number of hydrogen-bond acceptors (Lipinski definition) is 2. The van der Waals surface area contributed by atoms with E-state index in [1.807, 2.05) is 0 Å². The van der Waals surface area contributed by atoms with E-state index < -0.39 is 104 Å². The Bertz CT molecular complexity index is 1270. The number of benzene rings is 1. The second-order valence-electron chi connectivity index (χ2n) is 3.06. The fraction of sp³-hybridized carbons (Fsp3) is 0.562. The van der Waals surface area contributed by atoms with E-state index >= 15 is 0 Å². The van der Waals surface area contributed by atoms with Gasteiger partial charge in [0.15, 0.2) is 1.41 Å². The number of carbonyl (C=O) groups excluding carboxylic acids is 1. The molecule has 1 aromatic rings. The minimum Gasteiger partial charge on any atom is -0.326 e. The van der Waals surface area contributed by atoms with Gasteiger partial charge in [-0.15, -0.1) is 0 Å². The summed E-state index contributed by atoms with van der Waals surface area (Å²) >= 11 is 0. The number of carbonyl (C=O) groups is 1. The van der Waals surface area contributed by atoms with Gasteiger partial charge in [-0.25, -0.2) is 0 Å². The van der Waals surface area contributed by atoms with Crippen LogP contribution < -0.4 is 5.31 Å². The smallest absolute Gasteiger partial charge is 0.228 e. The van der Waals surface area contributed by atoms with Gasteiger partial charge in [-0.1, -0.05) is 25.8 Å². The van der Waals surface area contributed by atoms with Crippen LogP contribution in [0, 0.1) is 0 Å². The predicted octanol–water partition coefficient (Wildman–Crippen LogP) is 2.85. The van der Waals surface area contributed by atoms with Crippen LogP contribution in [0.5, 0.6) is 0 Å². The van der Waals surface area contributed by atoms with Crippen LogP contribution in [0.4, 0.5) is 5.69 Å². The minimum atomic E-state index is -4.72. The van der Waals surface area contributed by atoms with E-state index in [1.54, 1.807) is 0 Å². The third kappa shape index (κ3) is 3.57. The first kappa shape index (κ1) is 2.69. The number of fused-ring (bicyclic) bond motifs is 1. The monoisotopic (exact) mass is 284 g/mol. The van der Waals surface area contributed by atoms with Crippen LogP contribution in [-0.4, -0.2) is 30.3 Å². The van der Waals surface area contributed by atoms with Crippen LogP contribution in [0.15, 0.2) is 18.1 Å². The highest BCUT2D eigenvalue weighted by Crippen LogP contribution is 2.26. The summed E-state index contributed by atoms with van der Waals surface area (Å²) in [7, 11) is 0. The van der Waals surface area contributed by atoms with Crippen molar-refractivity contribution < 1.29 is 37.7 Å². The Kier molecular flexibility index (Phi) is 0.950. The summed E-state index contributed by atoms with van der Waals surface area (Å²) in [5.74, 6) is -1.81. The van der Waals surface area contributed by atoms with Gasteiger partial charge in [0, 0.05) is 39.6 Å². The van der Waals surface area contributed by atoms with Crippen molar-refractivity contribution in [1.82, 2.24) is 4.90 Å². The maximum absolute atomic E-state index is 12.5. The molecule has 0 unspecified atom stereocenters. The molecule has 1 heterocycles. The van der Waals surface area contributed by atoms with Crippen molar-refractivity contribution >= 4 is 11.6 Å². The van der Waals surface area contributed by atoms with Gasteiger partial charge < -0.3 is 10.2 Å². The van der Waals surface area contributed by atoms with Crippen LogP contribution in [0.2, 0.25) is 1.41 Å². The van der Waals surface area contributed by atoms with Crippen molar-refractivity contribution in [3.8, 4) is 0 Å². The molecule has 1 N–H and O–H groups in total. The van der Waals surface area contributed by atoms with Gasteiger partial charge in [-0.3, -0.25) is 4.79 Å². The molecule has 1 aliphatic rings. The first-order valence-electron chi connectivity index (χ1n) is 16.8. The van der Waals surface area contributed by atoms with Crippen molar-refractivity contribution in [2.45, 2.75) is 39.2 Å². The van der Waals surface area contributed by atoms with Gasteiger partial charge in [-0.2, -0.15) is 0 Å². The molecule has 1 amide bonds. The summed E-state index contributed by atoms with van der Waals surface area (Å²) in [6, 6.07) is -4.04. The highest BCUT2D eigenvalue weighted by Gasteiger charge is 2.20. The van der Waals surface area contributed by atoms with Crippen LogP contribution in [0.3, 0.4) is 0 Å². The Morgan fingerprint density at radius 2 is 2.26 bits per heavy atom. The second kappa shape index (κ2) is 6.71. The molecule has 1 aliphatic heterocycles. The third-order valence-corrected chi connectivity index (χ3v) is 1.93. The Labute approximate surface area is 149 Å². The molecular weight excluding hydrogens is 236 g/mol. The van der Waals surface area contributed by atoms with E-state index in [-0.39, 0.29) is 5.31 Å². The molecule has 0 saturated carbocycles. The number of hydrogen-bond donors (Lipinski definition) is 1. The fourth-order valence-corrected chi connectivity index (χ4v) is 1.24. The molecule has 2 rings (SSSR count). The van der Waals surface area contributed by atoms with Crippen molar-refractivity contribution in [3.05, 3.63) is 29.3 Å². The number of nitrogens with one attached hydrogen (secondary N) is 1. The maximum Gasteiger partial charge on any atom is 0.228 e. The lowest BCUT2D eigenvalue weighted by Gasteiger charge is -2.21. The topological polar surface area (TPSA) is 32.3 Å². The standard InChI is InChI=1S/C16H24N2O/c1-3-9-18(10-4-2)11-8-13-6-5-7-15-14(13)12-16(19)17-15/h5-7H,3-4,8-12H2,1-2H3,(H,17,19)/i1D3,2D3,3D2,4D2,5D,6D,7D,8D2,9D2,10D2,11D2,12D2/hD. The molecule has 0 saturated heterocycles. The molecule has 19 heavy (non-hydrogen) atoms. The van der Waals surface area contributed by atoms with Crippen LogP contribution in [-0.2, 0) is 17.5 Å². The third-order valence-electron chi connectivity index (χ3n) is 1.93. The maximum atomic E-state index is 12.5. The van der Waals surface area contributed by atoms with Gasteiger partial charge in [0.2, 0.25) is 5.91 Å². The van der Waals surface area contributed by atoms with Crippen molar-refractivity contribution in [3.63, 3.8) is 0 Å². The van der Waals surface area contributed by atoms with E-state index in [2.05, 4.69) is 0 Å². The van der Waals surface area contributed by atoms with Crippen LogP contribution >= 0.6 is 0 Å². The Balaban J connectivity index is 3.22. The molecule has 0 atom stereocenters. The predicted molar refractivity (Wildman–Crippen MR) is 79.5 cm³/mol. The lowest BCUT2D eigenvalue weighted by Crippen LogP contribution is -2.28. The molecule has 104 valence electrons. The average Bonchev–Trinajstić information content (AvgIpc) is 2.95. The van der Waals surface area contributed by atoms with E-state index in [4.69, 9.17) is 32.9 Å². The molecule has 0 radical (unpaired) electrons. The van der Waals surface area contributed by atoms with Crippen molar-refractivity contribution in [1.29, 1.82) is 0 Å². The minimum absolute atomic E-state index is 0.291. The van der Waals surface area contributed by atoms with Gasteiger partial charge in [-0.05, 0) is 49.3 Å². The molecule has 0 fully saturated rings. The fourth-order valence-electron chi connectivity index (χ4n) is 1.24. The summed E-state index contributed by atoms with van der Waals surface area (Å²) in [6.07, 6.45) is -16.8. The molecule has 1 aromatic carbocycles. The van der Waals surface area contributed by atoms with Gasteiger partial charge >= 0.3 is 0 Å². The van der Waals surface area contributed by atoms with Crippen molar-refractivity contribution in [2.24, 2.45) is 0 Å². The Morgan fingerprint density at radius 1 is 1.47 bits per heavy atom. The molecule has 0 spiro atoms. The Hall–Kier alpha value is -1.35. The molecule has 0 aromatic heterocycles. The summed E-state index contributed by atoms with van der Waals surface area (Å²) in [5.41, 5.74) is -4.24. The van der Waals surface area contributed by atoms with Gasteiger partial charge in [0.25, 0.3) is 0 Å². The van der Waals surface area contributed by atoms with Gasteiger partial charge in [0.1, 0.15) is 0 Å². The number of amides is 1. The lowest BCUT2D eigenvalue weighted by molar-refractivity contribution is -0.115. The Morgan fingerprint density at radius 3 is 3.00 bits per heavy atom. The molecule has 0 aliphatic carbocycles. The zero-order valence-electron chi connectivity index (χ0n) is 33.3.